The molecule has 1 aromatic carbocycles. The zero-order chi connectivity index (χ0) is 16.8. The summed E-state index contributed by atoms with van der Waals surface area (Å²) >= 11 is 0. The molecule has 0 bridgehead atoms. The van der Waals surface area contributed by atoms with E-state index in [0.29, 0.717) is 12.1 Å². The number of nitrogens with one attached hydrogen (secondary N) is 2. The summed E-state index contributed by atoms with van der Waals surface area (Å²) in [6, 6.07) is 6.55. The molecule has 5 heteroatoms. The van der Waals surface area contributed by atoms with Gasteiger partial charge in [-0.25, -0.2) is 9.18 Å². The summed E-state index contributed by atoms with van der Waals surface area (Å²) in [6.45, 7) is 9.87. The fraction of sp³-hybridized carbons (Fsp3) is 0.588. The molecule has 2 unspecified atom stereocenters. The van der Waals surface area contributed by atoms with Crippen LogP contribution in [0.15, 0.2) is 24.3 Å². The van der Waals surface area contributed by atoms with E-state index in [4.69, 9.17) is 4.74 Å². The highest BCUT2D eigenvalue weighted by molar-refractivity contribution is 5.68. The summed E-state index contributed by atoms with van der Waals surface area (Å²) in [5, 5.41) is 6.05. The lowest BCUT2D eigenvalue weighted by Crippen LogP contribution is -2.43. The van der Waals surface area contributed by atoms with E-state index in [1.165, 1.54) is 6.07 Å². The van der Waals surface area contributed by atoms with Crippen molar-refractivity contribution in [3.8, 4) is 0 Å². The summed E-state index contributed by atoms with van der Waals surface area (Å²) < 4.78 is 19.0. The second kappa shape index (κ2) is 8.13. The van der Waals surface area contributed by atoms with Gasteiger partial charge in [0.15, 0.2) is 0 Å². The van der Waals surface area contributed by atoms with Gasteiger partial charge in [0.25, 0.3) is 0 Å². The fourth-order valence-corrected chi connectivity index (χ4v) is 2.11. The number of rotatable bonds is 6. The van der Waals surface area contributed by atoms with Crippen molar-refractivity contribution in [1.82, 2.24) is 10.6 Å². The third kappa shape index (κ3) is 6.43. The van der Waals surface area contributed by atoms with Crippen molar-refractivity contribution in [2.24, 2.45) is 0 Å². The molecule has 2 N–H and O–H groups in total. The van der Waals surface area contributed by atoms with E-state index in [1.54, 1.807) is 12.1 Å². The maximum Gasteiger partial charge on any atom is 0.407 e. The molecular weight excluding hydrogens is 283 g/mol. The van der Waals surface area contributed by atoms with Crippen molar-refractivity contribution < 1.29 is 13.9 Å². The molecule has 22 heavy (non-hydrogen) atoms. The van der Waals surface area contributed by atoms with Gasteiger partial charge in [-0.2, -0.15) is 0 Å². The minimum absolute atomic E-state index is 0.0795. The van der Waals surface area contributed by atoms with Crippen LogP contribution in [0.3, 0.4) is 0 Å². The van der Waals surface area contributed by atoms with Crippen molar-refractivity contribution in [2.75, 3.05) is 6.54 Å². The van der Waals surface area contributed by atoms with Gasteiger partial charge in [0.05, 0.1) is 0 Å². The molecule has 124 valence electrons. The van der Waals surface area contributed by atoms with Crippen molar-refractivity contribution in [1.29, 1.82) is 0 Å². The highest BCUT2D eigenvalue weighted by Crippen LogP contribution is 2.19. The Kier molecular flexibility index (Phi) is 6.81. The summed E-state index contributed by atoms with van der Waals surface area (Å²) in [4.78, 5) is 11.7. The van der Waals surface area contributed by atoms with E-state index in [0.717, 1.165) is 6.42 Å². The number of alkyl carbamates (subject to hydrolysis) is 1. The quantitative estimate of drug-likeness (QED) is 0.840. The van der Waals surface area contributed by atoms with Gasteiger partial charge in [-0.05, 0) is 40.2 Å². The molecule has 2 atom stereocenters. The van der Waals surface area contributed by atoms with Gasteiger partial charge in [-0.3, -0.25) is 0 Å². The maximum absolute atomic E-state index is 13.8. The Morgan fingerprint density at radius 1 is 1.32 bits per heavy atom. The van der Waals surface area contributed by atoms with E-state index in [9.17, 15) is 9.18 Å². The highest BCUT2D eigenvalue weighted by Gasteiger charge is 2.19. The molecule has 0 aliphatic rings. The van der Waals surface area contributed by atoms with E-state index < -0.39 is 11.7 Å². The summed E-state index contributed by atoms with van der Waals surface area (Å²) in [5.41, 5.74) is 0.130. The maximum atomic E-state index is 13.8. The van der Waals surface area contributed by atoms with Crippen LogP contribution in [0.2, 0.25) is 0 Å². The molecule has 0 aliphatic heterocycles. The summed E-state index contributed by atoms with van der Waals surface area (Å²) in [7, 11) is 0. The average molecular weight is 310 g/mol. The third-order valence-electron chi connectivity index (χ3n) is 3.12. The Hall–Kier alpha value is -1.62. The molecule has 0 spiro atoms. The van der Waals surface area contributed by atoms with Crippen LogP contribution in [0, 0.1) is 5.82 Å². The number of halogens is 1. The standard InChI is InChI=1S/C17H27FN2O2/c1-6-15(13-9-7-8-10-14(13)18)19-11-12(2)20-16(21)22-17(3,4)5/h7-10,12,15,19H,6,11H2,1-5H3,(H,20,21). The lowest BCUT2D eigenvalue weighted by Gasteiger charge is -2.24. The Morgan fingerprint density at radius 3 is 2.50 bits per heavy atom. The van der Waals surface area contributed by atoms with E-state index in [1.807, 2.05) is 40.7 Å². The van der Waals surface area contributed by atoms with Crippen LogP contribution in [0.25, 0.3) is 0 Å². The van der Waals surface area contributed by atoms with Crippen LogP contribution in [0.4, 0.5) is 9.18 Å². The number of ether oxygens (including phenoxy) is 1. The van der Waals surface area contributed by atoms with E-state index in [2.05, 4.69) is 10.6 Å². The first-order valence-corrected chi connectivity index (χ1v) is 7.70. The molecule has 0 heterocycles. The van der Waals surface area contributed by atoms with Crippen LogP contribution in [-0.2, 0) is 4.74 Å². The van der Waals surface area contributed by atoms with Crippen LogP contribution < -0.4 is 10.6 Å². The molecule has 1 aromatic rings. The van der Waals surface area contributed by atoms with Crippen LogP contribution in [-0.4, -0.2) is 24.3 Å². The molecule has 1 rings (SSSR count). The average Bonchev–Trinajstić information content (AvgIpc) is 2.38. The van der Waals surface area contributed by atoms with Gasteiger partial charge in [0, 0.05) is 24.2 Å². The predicted molar refractivity (Wildman–Crippen MR) is 86.3 cm³/mol. The number of carbonyl (C=O) groups is 1. The largest absolute Gasteiger partial charge is 0.444 e. The summed E-state index contributed by atoms with van der Waals surface area (Å²) in [6.07, 6.45) is 0.320. The normalized spacial score (nSPS) is 14.3. The molecule has 0 aromatic heterocycles. The minimum atomic E-state index is -0.518. The van der Waals surface area contributed by atoms with E-state index in [-0.39, 0.29) is 17.9 Å². The molecule has 0 saturated carbocycles. The Bertz CT molecular complexity index is 486. The van der Waals surface area contributed by atoms with E-state index >= 15 is 0 Å². The Morgan fingerprint density at radius 2 is 1.95 bits per heavy atom. The summed E-state index contributed by atoms with van der Waals surface area (Å²) in [5.74, 6) is -0.213. The Balaban J connectivity index is 2.50. The van der Waals surface area contributed by atoms with Gasteiger partial charge in [-0.15, -0.1) is 0 Å². The topological polar surface area (TPSA) is 50.4 Å². The zero-order valence-electron chi connectivity index (χ0n) is 14.1. The zero-order valence-corrected chi connectivity index (χ0v) is 14.1. The second-order valence-corrected chi connectivity index (χ2v) is 6.44. The fourth-order valence-electron chi connectivity index (χ4n) is 2.11. The Labute approximate surface area is 132 Å². The molecule has 4 nitrogen and oxygen atoms in total. The van der Waals surface area contributed by atoms with Crippen molar-refractivity contribution >= 4 is 6.09 Å². The van der Waals surface area contributed by atoms with Crippen molar-refractivity contribution in [2.45, 2.75) is 58.7 Å². The lowest BCUT2D eigenvalue weighted by atomic mass is 10.0. The number of carbonyl (C=O) groups excluding carboxylic acids is 1. The molecule has 0 aliphatic carbocycles. The SMILES string of the molecule is CCC(NCC(C)NC(=O)OC(C)(C)C)c1ccccc1F. The number of hydrogen-bond donors (Lipinski definition) is 2. The van der Waals surface area contributed by atoms with Gasteiger partial charge in [0.1, 0.15) is 11.4 Å². The van der Waals surface area contributed by atoms with Crippen LogP contribution in [0.1, 0.15) is 52.6 Å². The van der Waals surface area contributed by atoms with Crippen molar-refractivity contribution in [3.63, 3.8) is 0 Å². The van der Waals surface area contributed by atoms with Crippen LogP contribution >= 0.6 is 0 Å². The monoisotopic (exact) mass is 310 g/mol. The first kappa shape index (κ1) is 18.4. The molecule has 1 amide bonds. The predicted octanol–water partition coefficient (Wildman–Crippen LogP) is 3.78. The third-order valence-corrected chi connectivity index (χ3v) is 3.12. The van der Waals surface area contributed by atoms with Gasteiger partial charge in [0.2, 0.25) is 0 Å². The number of benzene rings is 1. The molecule has 0 fully saturated rings. The van der Waals surface area contributed by atoms with Crippen molar-refractivity contribution in [3.05, 3.63) is 35.6 Å². The van der Waals surface area contributed by atoms with Gasteiger partial charge in [-0.1, -0.05) is 25.1 Å². The van der Waals surface area contributed by atoms with Gasteiger partial charge >= 0.3 is 6.09 Å². The minimum Gasteiger partial charge on any atom is -0.444 e. The first-order chi connectivity index (χ1) is 10.2. The van der Waals surface area contributed by atoms with Crippen LogP contribution in [0.5, 0.6) is 0 Å². The number of hydrogen-bond acceptors (Lipinski definition) is 3. The molecule has 0 saturated heterocycles. The highest BCUT2D eigenvalue weighted by atomic mass is 19.1. The van der Waals surface area contributed by atoms with Gasteiger partial charge < -0.3 is 15.4 Å². The molecular formula is C17H27FN2O2. The lowest BCUT2D eigenvalue weighted by molar-refractivity contribution is 0.0507. The smallest absolute Gasteiger partial charge is 0.407 e. The second-order valence-electron chi connectivity index (χ2n) is 6.44. The first-order valence-electron chi connectivity index (χ1n) is 7.70. The molecule has 0 radical (unpaired) electrons. The number of amides is 1.